The van der Waals surface area contributed by atoms with Crippen LogP contribution in [0, 0.1) is 5.92 Å². The molecule has 0 fully saturated rings. The van der Waals surface area contributed by atoms with Gasteiger partial charge in [0.2, 0.25) is 0 Å². The Morgan fingerprint density at radius 2 is 1.38 bits per heavy atom. The van der Waals surface area contributed by atoms with Gasteiger partial charge in [-0.25, -0.2) is 9.59 Å². The molecule has 0 spiro atoms. The molecule has 1 unspecified atom stereocenters. The number of hydrogen-bond acceptors (Lipinski definition) is 6. The lowest BCUT2D eigenvalue weighted by atomic mass is 9.98. The van der Waals surface area contributed by atoms with Gasteiger partial charge in [0, 0.05) is 12.2 Å². The summed E-state index contributed by atoms with van der Waals surface area (Å²) in [6.07, 6.45) is 7.53. The van der Waals surface area contributed by atoms with Crippen LogP contribution in [0.2, 0.25) is 0 Å². The monoisotopic (exact) mass is 468 g/mol. The third kappa shape index (κ3) is 12.9. The van der Waals surface area contributed by atoms with Crippen LogP contribution in [0.4, 0.5) is 11.4 Å². The summed E-state index contributed by atoms with van der Waals surface area (Å²) in [4.78, 5) is 31.4. The minimum atomic E-state index is -1.26. The molecule has 0 saturated carbocycles. The molecule has 0 radical (unpaired) electrons. The van der Waals surface area contributed by atoms with Gasteiger partial charge in [0.1, 0.15) is 5.75 Å². The zero-order valence-electron chi connectivity index (χ0n) is 19.6. The van der Waals surface area contributed by atoms with Gasteiger partial charge in [0.15, 0.2) is 0 Å². The summed E-state index contributed by atoms with van der Waals surface area (Å²) in [6, 6.07) is 16.7. The van der Waals surface area contributed by atoms with Gasteiger partial charge in [0.25, 0.3) is 0 Å². The van der Waals surface area contributed by atoms with Crippen molar-refractivity contribution < 1.29 is 29.3 Å². The molecule has 0 aliphatic heterocycles. The van der Waals surface area contributed by atoms with E-state index in [2.05, 4.69) is 17.2 Å². The number of ether oxygens (including phenoxy) is 1. The van der Waals surface area contributed by atoms with Gasteiger partial charge in [0.05, 0.1) is 17.3 Å². The summed E-state index contributed by atoms with van der Waals surface area (Å²) in [7, 11) is 0. The maximum Gasteiger partial charge on any atom is 0.328 e. The fourth-order valence-corrected chi connectivity index (χ4v) is 2.84. The smallest absolute Gasteiger partial charge is 0.328 e. The highest BCUT2D eigenvalue weighted by Crippen LogP contribution is 2.23. The number of carbonyl (C=O) groups excluding carboxylic acids is 1. The van der Waals surface area contributed by atoms with Crippen LogP contribution >= 0.6 is 0 Å². The van der Waals surface area contributed by atoms with Crippen molar-refractivity contribution in [2.45, 2.75) is 52.4 Å². The number of aliphatic carboxylic acids is 2. The third-order valence-corrected chi connectivity index (χ3v) is 4.69. The van der Waals surface area contributed by atoms with Gasteiger partial charge in [-0.1, -0.05) is 57.7 Å². The molecule has 34 heavy (non-hydrogen) atoms. The van der Waals surface area contributed by atoms with Crippen LogP contribution in [0.15, 0.2) is 77.0 Å². The van der Waals surface area contributed by atoms with E-state index in [9.17, 15) is 14.4 Å². The topological polar surface area (TPSA) is 126 Å². The summed E-state index contributed by atoms with van der Waals surface area (Å²) in [6.45, 7) is 4.23. The van der Waals surface area contributed by atoms with E-state index in [1.54, 1.807) is 24.3 Å². The third-order valence-electron chi connectivity index (χ3n) is 4.69. The van der Waals surface area contributed by atoms with Gasteiger partial charge < -0.3 is 14.9 Å². The summed E-state index contributed by atoms with van der Waals surface area (Å²) in [5.41, 5.74) is 1.53. The Hall–Kier alpha value is -3.81. The average molecular weight is 469 g/mol. The lowest BCUT2D eigenvalue weighted by molar-refractivity contribution is -0.139. The fourth-order valence-electron chi connectivity index (χ4n) is 2.84. The lowest BCUT2D eigenvalue weighted by Gasteiger charge is -2.13. The van der Waals surface area contributed by atoms with Crippen molar-refractivity contribution in [1.82, 2.24) is 0 Å². The Bertz CT molecular complexity index is 924. The van der Waals surface area contributed by atoms with Crippen LogP contribution in [-0.4, -0.2) is 28.1 Å². The molecule has 2 aromatic rings. The zero-order valence-corrected chi connectivity index (χ0v) is 19.6. The van der Waals surface area contributed by atoms with E-state index in [4.69, 9.17) is 14.9 Å². The van der Waals surface area contributed by atoms with Crippen LogP contribution in [0.25, 0.3) is 0 Å². The molecule has 1 atom stereocenters. The highest BCUT2D eigenvalue weighted by Gasteiger charge is 2.18. The van der Waals surface area contributed by atoms with Gasteiger partial charge in [-0.15, -0.1) is 0 Å². The maximum absolute atomic E-state index is 12.3. The number of nitrogens with zero attached hydrogens (tertiary/aromatic N) is 2. The molecule has 8 heteroatoms. The second-order valence-corrected chi connectivity index (χ2v) is 7.41. The van der Waals surface area contributed by atoms with Gasteiger partial charge >= 0.3 is 17.9 Å². The van der Waals surface area contributed by atoms with E-state index in [1.807, 2.05) is 37.3 Å². The minimum Gasteiger partial charge on any atom is -0.478 e. The summed E-state index contributed by atoms with van der Waals surface area (Å²) < 4.78 is 5.53. The van der Waals surface area contributed by atoms with Crippen LogP contribution in [0.5, 0.6) is 5.75 Å². The van der Waals surface area contributed by atoms with E-state index in [0.29, 0.717) is 17.9 Å². The Balaban J connectivity index is 0.000000620. The largest absolute Gasteiger partial charge is 0.478 e. The molecule has 0 amide bonds. The second kappa shape index (κ2) is 16.8. The van der Waals surface area contributed by atoms with Crippen molar-refractivity contribution in [2.75, 3.05) is 0 Å². The predicted molar refractivity (Wildman–Crippen MR) is 130 cm³/mol. The molecule has 182 valence electrons. The van der Waals surface area contributed by atoms with E-state index in [-0.39, 0.29) is 11.9 Å². The molecule has 2 N–H and O–H groups in total. The number of azo groups is 1. The number of carbonyl (C=O) groups is 3. The number of rotatable bonds is 12. The highest BCUT2D eigenvalue weighted by molar-refractivity contribution is 5.89. The zero-order chi connectivity index (χ0) is 25.2. The Kier molecular flexibility index (Phi) is 13.9. The number of unbranched alkanes of at least 4 members (excludes halogenated alkanes) is 3. The Labute approximate surface area is 200 Å². The highest BCUT2D eigenvalue weighted by atomic mass is 16.5. The number of benzene rings is 2. The molecule has 0 aliphatic rings. The van der Waals surface area contributed by atoms with Gasteiger partial charge in [-0.2, -0.15) is 10.2 Å². The molecule has 0 saturated heterocycles. The number of carboxylic acid groups (broad SMARTS) is 2. The standard InChI is InChI=1S/C22H28N2O2.C4H4O4/c1-3-5-6-8-11-18(4-2)22(25)26-21-16-14-20(15-17-21)24-23-19-12-9-7-10-13-19;5-3(6)1-2-4(7)8/h7,9-10,12-18H,3-6,8,11H2,1-2H3;1-2H,(H,5,6)(H,7,8)/b;2-1+. The molecule has 0 aliphatic carbocycles. The summed E-state index contributed by atoms with van der Waals surface area (Å²) in [5.74, 6) is -2.12. The molecule has 0 bridgehead atoms. The SMILES string of the molecule is CCCCCCC(CC)C(=O)Oc1ccc(N=Nc2ccccc2)cc1.O=C(O)/C=C/C(=O)O. The van der Waals surface area contributed by atoms with Crippen molar-refractivity contribution in [3.63, 3.8) is 0 Å². The normalized spacial score (nSPS) is 11.6. The molecule has 2 rings (SSSR count). The molecule has 0 heterocycles. The van der Waals surface area contributed by atoms with Crippen molar-refractivity contribution in [3.05, 3.63) is 66.7 Å². The quantitative estimate of drug-likeness (QED) is 0.117. The van der Waals surface area contributed by atoms with Gasteiger partial charge in [-0.05, 0) is 49.2 Å². The van der Waals surface area contributed by atoms with Gasteiger partial charge in [-0.3, -0.25) is 4.79 Å². The number of esters is 1. The van der Waals surface area contributed by atoms with E-state index in [1.165, 1.54) is 19.3 Å². The first-order valence-electron chi connectivity index (χ1n) is 11.3. The second-order valence-electron chi connectivity index (χ2n) is 7.41. The number of carboxylic acids is 2. The van der Waals surface area contributed by atoms with Crippen molar-refractivity contribution >= 4 is 29.3 Å². The van der Waals surface area contributed by atoms with Crippen LogP contribution in [0.3, 0.4) is 0 Å². The van der Waals surface area contributed by atoms with Crippen LogP contribution < -0.4 is 4.74 Å². The predicted octanol–water partition coefficient (Wildman–Crippen LogP) is 6.72. The molecule has 2 aromatic carbocycles. The van der Waals surface area contributed by atoms with Crippen LogP contribution in [0.1, 0.15) is 52.4 Å². The van der Waals surface area contributed by atoms with E-state index >= 15 is 0 Å². The lowest BCUT2D eigenvalue weighted by Crippen LogP contribution is -2.20. The first-order valence-corrected chi connectivity index (χ1v) is 11.3. The van der Waals surface area contributed by atoms with E-state index < -0.39 is 11.9 Å². The van der Waals surface area contributed by atoms with Crippen molar-refractivity contribution in [1.29, 1.82) is 0 Å². The Morgan fingerprint density at radius 3 is 1.88 bits per heavy atom. The summed E-state index contributed by atoms with van der Waals surface area (Å²) in [5, 5.41) is 24.0. The van der Waals surface area contributed by atoms with E-state index in [0.717, 1.165) is 30.6 Å². The van der Waals surface area contributed by atoms with Crippen molar-refractivity contribution in [3.8, 4) is 5.75 Å². The number of hydrogen-bond donors (Lipinski definition) is 2. The fraction of sp³-hybridized carbons (Fsp3) is 0.346. The Morgan fingerprint density at radius 1 is 0.824 bits per heavy atom. The maximum atomic E-state index is 12.3. The molecular formula is C26H32N2O6. The first-order chi connectivity index (χ1) is 16.3. The first kappa shape index (κ1) is 28.2. The van der Waals surface area contributed by atoms with Crippen LogP contribution in [-0.2, 0) is 14.4 Å². The minimum absolute atomic E-state index is 0.0238. The van der Waals surface area contributed by atoms with Crippen molar-refractivity contribution in [2.24, 2.45) is 16.1 Å². The average Bonchev–Trinajstić information content (AvgIpc) is 2.83. The molecule has 8 nitrogen and oxygen atoms in total. The molecule has 0 aromatic heterocycles. The summed E-state index contributed by atoms with van der Waals surface area (Å²) >= 11 is 0. The molecular weight excluding hydrogens is 436 g/mol.